The molecule has 0 unspecified atom stereocenters. The third-order valence-electron chi connectivity index (χ3n) is 3.91. The molecule has 122 valence electrons. The normalized spacial score (nSPS) is 16.8. The van der Waals surface area contributed by atoms with E-state index in [9.17, 15) is 8.42 Å². The maximum atomic E-state index is 12.8. The van der Waals surface area contributed by atoms with Crippen LogP contribution in [0.2, 0.25) is 5.02 Å². The summed E-state index contributed by atoms with van der Waals surface area (Å²) in [6.45, 7) is 2.28. The van der Waals surface area contributed by atoms with E-state index in [2.05, 4.69) is 20.7 Å². The molecule has 1 aliphatic rings. The Morgan fingerprint density at radius 1 is 1.22 bits per heavy atom. The van der Waals surface area contributed by atoms with E-state index >= 15 is 0 Å². The van der Waals surface area contributed by atoms with Crippen LogP contribution >= 0.6 is 27.5 Å². The molecule has 23 heavy (non-hydrogen) atoms. The molecule has 1 aliphatic heterocycles. The van der Waals surface area contributed by atoms with Gasteiger partial charge in [0.25, 0.3) is 0 Å². The summed E-state index contributed by atoms with van der Waals surface area (Å²) >= 11 is 9.47. The SMILES string of the molecule is Cc1c(Cl)cccc1S(=O)(=O)NC1(c2cccc(Br)c2)COC1. The summed E-state index contributed by atoms with van der Waals surface area (Å²) in [7, 11) is -3.72. The molecule has 0 amide bonds. The van der Waals surface area contributed by atoms with Crippen molar-refractivity contribution in [2.75, 3.05) is 13.2 Å². The second-order valence-electron chi connectivity index (χ2n) is 5.55. The molecule has 1 fully saturated rings. The molecule has 3 rings (SSSR count). The Kier molecular flexibility index (Phi) is 4.55. The highest BCUT2D eigenvalue weighted by Crippen LogP contribution is 2.34. The maximum Gasteiger partial charge on any atom is 0.241 e. The van der Waals surface area contributed by atoms with Crippen LogP contribution in [0, 0.1) is 6.92 Å². The third kappa shape index (κ3) is 3.19. The molecule has 0 radical (unpaired) electrons. The summed E-state index contributed by atoms with van der Waals surface area (Å²) in [6.07, 6.45) is 0. The van der Waals surface area contributed by atoms with E-state index in [1.807, 2.05) is 24.3 Å². The van der Waals surface area contributed by atoms with Crippen LogP contribution in [0.3, 0.4) is 0 Å². The lowest BCUT2D eigenvalue weighted by Gasteiger charge is -2.42. The van der Waals surface area contributed by atoms with Crippen molar-refractivity contribution in [1.29, 1.82) is 0 Å². The van der Waals surface area contributed by atoms with E-state index < -0.39 is 15.6 Å². The van der Waals surface area contributed by atoms with Gasteiger partial charge in [0.2, 0.25) is 10.0 Å². The van der Waals surface area contributed by atoms with Crippen molar-refractivity contribution in [2.24, 2.45) is 0 Å². The van der Waals surface area contributed by atoms with Gasteiger partial charge in [0.1, 0.15) is 5.54 Å². The van der Waals surface area contributed by atoms with Crippen LogP contribution in [-0.4, -0.2) is 21.6 Å². The van der Waals surface area contributed by atoms with Crippen molar-refractivity contribution in [2.45, 2.75) is 17.4 Å². The standard InChI is InChI=1S/C16H15BrClNO3S/c1-11-14(18)6-3-7-15(11)23(20,21)19-16(9-22-10-16)12-4-2-5-13(17)8-12/h2-8,19H,9-10H2,1H3. The molecule has 7 heteroatoms. The van der Waals surface area contributed by atoms with Gasteiger partial charge in [-0.15, -0.1) is 0 Å². The summed E-state index contributed by atoms with van der Waals surface area (Å²) in [5, 5.41) is 0.425. The molecule has 1 heterocycles. The van der Waals surface area contributed by atoms with Gasteiger partial charge in [-0.3, -0.25) is 0 Å². The second kappa shape index (κ2) is 6.18. The predicted octanol–water partition coefficient (Wildman–Crippen LogP) is 3.61. The fraction of sp³-hybridized carbons (Fsp3) is 0.250. The maximum absolute atomic E-state index is 12.8. The minimum atomic E-state index is -3.72. The Balaban J connectivity index is 2.00. The molecule has 0 saturated carbocycles. The van der Waals surface area contributed by atoms with Crippen LogP contribution in [0.5, 0.6) is 0 Å². The minimum Gasteiger partial charge on any atom is -0.377 e. The van der Waals surface area contributed by atoms with Crippen molar-refractivity contribution in [3.8, 4) is 0 Å². The number of sulfonamides is 1. The molecule has 2 aromatic rings. The Morgan fingerprint density at radius 3 is 2.52 bits per heavy atom. The Morgan fingerprint density at radius 2 is 1.91 bits per heavy atom. The van der Waals surface area contributed by atoms with Gasteiger partial charge >= 0.3 is 0 Å². The summed E-state index contributed by atoms with van der Waals surface area (Å²) in [4.78, 5) is 0.186. The van der Waals surface area contributed by atoms with Gasteiger partial charge in [-0.25, -0.2) is 8.42 Å². The molecule has 2 aromatic carbocycles. The number of hydrogen-bond acceptors (Lipinski definition) is 3. The number of nitrogens with one attached hydrogen (secondary N) is 1. The van der Waals surface area contributed by atoms with Crippen LogP contribution in [0.4, 0.5) is 0 Å². The van der Waals surface area contributed by atoms with Crippen LogP contribution in [0.1, 0.15) is 11.1 Å². The molecule has 4 nitrogen and oxygen atoms in total. The lowest BCUT2D eigenvalue weighted by molar-refractivity contribution is -0.0664. The molecule has 0 bridgehead atoms. The summed E-state index contributed by atoms with van der Waals surface area (Å²) in [5.74, 6) is 0. The zero-order valence-corrected chi connectivity index (χ0v) is 15.5. The smallest absolute Gasteiger partial charge is 0.241 e. The molecule has 1 saturated heterocycles. The first-order chi connectivity index (χ1) is 10.8. The predicted molar refractivity (Wildman–Crippen MR) is 93.1 cm³/mol. The van der Waals surface area contributed by atoms with Gasteiger partial charge in [-0.05, 0) is 42.3 Å². The van der Waals surface area contributed by atoms with Gasteiger partial charge in [-0.2, -0.15) is 4.72 Å². The lowest BCUT2D eigenvalue weighted by atomic mass is 9.89. The fourth-order valence-corrected chi connectivity index (χ4v) is 4.83. The largest absolute Gasteiger partial charge is 0.377 e. The van der Waals surface area contributed by atoms with Gasteiger partial charge in [-0.1, -0.05) is 45.7 Å². The molecular formula is C16H15BrClNO3S. The zero-order chi connectivity index (χ0) is 16.7. The van der Waals surface area contributed by atoms with E-state index in [1.54, 1.807) is 25.1 Å². The van der Waals surface area contributed by atoms with Crippen LogP contribution < -0.4 is 4.72 Å². The molecule has 0 spiro atoms. The summed E-state index contributed by atoms with van der Waals surface area (Å²) in [5.41, 5.74) is 0.643. The Labute approximate surface area is 149 Å². The topological polar surface area (TPSA) is 55.4 Å². The molecule has 1 N–H and O–H groups in total. The first-order valence-electron chi connectivity index (χ1n) is 6.97. The first-order valence-corrected chi connectivity index (χ1v) is 9.62. The van der Waals surface area contributed by atoms with Gasteiger partial charge < -0.3 is 4.74 Å². The minimum absolute atomic E-state index is 0.186. The molecular weight excluding hydrogens is 402 g/mol. The summed E-state index contributed by atoms with van der Waals surface area (Å²) < 4.78 is 34.7. The zero-order valence-electron chi connectivity index (χ0n) is 12.3. The highest BCUT2D eigenvalue weighted by atomic mass is 79.9. The van der Waals surface area contributed by atoms with E-state index in [4.69, 9.17) is 16.3 Å². The van der Waals surface area contributed by atoms with Crippen molar-refractivity contribution in [1.82, 2.24) is 4.72 Å². The monoisotopic (exact) mass is 415 g/mol. The Bertz CT molecular complexity index is 850. The lowest BCUT2D eigenvalue weighted by Crippen LogP contribution is -2.59. The van der Waals surface area contributed by atoms with Gasteiger partial charge in [0.05, 0.1) is 18.1 Å². The first kappa shape index (κ1) is 16.9. The molecule has 0 atom stereocenters. The number of rotatable bonds is 4. The van der Waals surface area contributed by atoms with Gasteiger partial charge in [0, 0.05) is 9.50 Å². The van der Waals surface area contributed by atoms with E-state index in [-0.39, 0.29) is 4.90 Å². The van der Waals surface area contributed by atoms with Crippen LogP contribution in [-0.2, 0) is 20.3 Å². The molecule has 0 aliphatic carbocycles. The summed E-state index contributed by atoms with van der Waals surface area (Å²) in [6, 6.07) is 12.4. The van der Waals surface area contributed by atoms with Gasteiger partial charge in [0.15, 0.2) is 0 Å². The van der Waals surface area contributed by atoms with Crippen LogP contribution in [0.15, 0.2) is 51.8 Å². The van der Waals surface area contributed by atoms with Crippen molar-refractivity contribution < 1.29 is 13.2 Å². The van der Waals surface area contributed by atoms with E-state index in [0.717, 1.165) is 10.0 Å². The Hall–Kier alpha value is -0.920. The van der Waals surface area contributed by atoms with Crippen molar-refractivity contribution in [3.63, 3.8) is 0 Å². The number of ether oxygens (including phenoxy) is 1. The number of hydrogen-bond donors (Lipinski definition) is 1. The highest BCUT2D eigenvalue weighted by Gasteiger charge is 2.44. The van der Waals surface area contributed by atoms with Crippen molar-refractivity contribution in [3.05, 3.63) is 63.1 Å². The number of benzene rings is 2. The second-order valence-corrected chi connectivity index (χ2v) is 8.53. The third-order valence-corrected chi connectivity index (χ3v) is 6.49. The van der Waals surface area contributed by atoms with E-state index in [0.29, 0.717) is 23.8 Å². The fourth-order valence-electron chi connectivity index (χ4n) is 2.57. The average Bonchev–Trinajstić information content (AvgIpc) is 2.45. The number of halogens is 2. The van der Waals surface area contributed by atoms with Crippen molar-refractivity contribution >= 4 is 37.6 Å². The van der Waals surface area contributed by atoms with Crippen LogP contribution in [0.25, 0.3) is 0 Å². The highest BCUT2D eigenvalue weighted by molar-refractivity contribution is 9.10. The van der Waals surface area contributed by atoms with E-state index in [1.165, 1.54) is 0 Å². The molecule has 0 aromatic heterocycles. The quantitative estimate of drug-likeness (QED) is 0.828. The average molecular weight is 417 g/mol.